The number of hydrogen-bond donors (Lipinski definition) is 1. The predicted molar refractivity (Wildman–Crippen MR) is 78.3 cm³/mol. The van der Waals surface area contributed by atoms with Gasteiger partial charge in [-0.15, -0.1) is 0 Å². The highest BCUT2D eigenvalue weighted by Gasteiger charge is 2.16. The van der Waals surface area contributed by atoms with Gasteiger partial charge < -0.3 is 19.7 Å². The van der Waals surface area contributed by atoms with E-state index in [1.807, 2.05) is 11.0 Å². The molecular weight excluding hydrogens is 272 g/mol. The first kappa shape index (κ1) is 15.3. The fourth-order valence-corrected chi connectivity index (χ4v) is 2.16. The normalized spacial score (nSPS) is 14.6. The van der Waals surface area contributed by atoms with Gasteiger partial charge >= 0.3 is 5.97 Å². The van der Waals surface area contributed by atoms with Gasteiger partial charge in [-0.1, -0.05) is 6.07 Å². The van der Waals surface area contributed by atoms with Gasteiger partial charge in [-0.05, 0) is 18.2 Å². The van der Waals surface area contributed by atoms with Crippen LogP contribution in [-0.4, -0.2) is 56.7 Å². The second kappa shape index (κ2) is 7.64. The summed E-state index contributed by atoms with van der Waals surface area (Å²) in [6.07, 6.45) is 0.419. The Hall–Kier alpha value is -2.08. The SMILES string of the molecule is COC(=O)c1cccc(NCCC(=O)N2CCOCC2)c1. The van der Waals surface area contributed by atoms with Crippen molar-refractivity contribution in [3.8, 4) is 0 Å². The summed E-state index contributed by atoms with van der Waals surface area (Å²) < 4.78 is 9.89. The molecule has 2 rings (SSSR count). The number of rotatable bonds is 5. The van der Waals surface area contributed by atoms with Gasteiger partial charge in [-0.3, -0.25) is 4.79 Å². The van der Waals surface area contributed by atoms with Crippen LogP contribution in [0.3, 0.4) is 0 Å². The smallest absolute Gasteiger partial charge is 0.337 e. The third-order valence-corrected chi connectivity index (χ3v) is 3.32. The summed E-state index contributed by atoms with van der Waals surface area (Å²) in [5.41, 5.74) is 1.29. The first-order chi connectivity index (χ1) is 10.2. The van der Waals surface area contributed by atoms with Gasteiger partial charge in [0.15, 0.2) is 0 Å². The molecule has 0 unspecified atom stereocenters. The Morgan fingerprint density at radius 3 is 2.81 bits per heavy atom. The van der Waals surface area contributed by atoms with Gasteiger partial charge in [-0.25, -0.2) is 4.79 Å². The Bertz CT molecular complexity index is 498. The van der Waals surface area contributed by atoms with E-state index in [1.54, 1.807) is 18.2 Å². The summed E-state index contributed by atoms with van der Waals surface area (Å²) in [5, 5.41) is 3.15. The monoisotopic (exact) mass is 292 g/mol. The lowest BCUT2D eigenvalue weighted by atomic mass is 10.2. The molecular formula is C15H20N2O4. The minimum Gasteiger partial charge on any atom is -0.465 e. The van der Waals surface area contributed by atoms with Gasteiger partial charge in [0.2, 0.25) is 5.91 Å². The number of methoxy groups -OCH3 is 1. The number of morpholine rings is 1. The van der Waals surface area contributed by atoms with E-state index in [1.165, 1.54) is 7.11 Å². The van der Waals surface area contributed by atoms with E-state index in [0.29, 0.717) is 44.8 Å². The van der Waals surface area contributed by atoms with E-state index in [-0.39, 0.29) is 11.9 Å². The second-order valence-corrected chi connectivity index (χ2v) is 4.74. The lowest BCUT2D eigenvalue weighted by molar-refractivity contribution is -0.134. The maximum Gasteiger partial charge on any atom is 0.337 e. The van der Waals surface area contributed by atoms with Crippen molar-refractivity contribution in [1.29, 1.82) is 0 Å². The lowest BCUT2D eigenvalue weighted by Gasteiger charge is -2.26. The van der Waals surface area contributed by atoms with Crippen molar-refractivity contribution in [2.45, 2.75) is 6.42 Å². The molecule has 1 aromatic rings. The second-order valence-electron chi connectivity index (χ2n) is 4.74. The highest BCUT2D eigenvalue weighted by atomic mass is 16.5. The maximum atomic E-state index is 12.0. The fourth-order valence-electron chi connectivity index (χ4n) is 2.16. The average Bonchev–Trinajstić information content (AvgIpc) is 2.55. The molecule has 1 fully saturated rings. The first-order valence-corrected chi connectivity index (χ1v) is 6.98. The minimum atomic E-state index is -0.372. The van der Waals surface area contributed by atoms with Crippen LogP contribution in [0, 0.1) is 0 Å². The van der Waals surface area contributed by atoms with Crippen molar-refractivity contribution in [2.24, 2.45) is 0 Å². The predicted octanol–water partition coefficient (Wildman–Crippen LogP) is 1.13. The summed E-state index contributed by atoms with van der Waals surface area (Å²) in [7, 11) is 1.35. The zero-order valence-corrected chi connectivity index (χ0v) is 12.1. The number of amides is 1. The van der Waals surface area contributed by atoms with Crippen LogP contribution in [-0.2, 0) is 14.3 Å². The molecule has 6 nitrogen and oxygen atoms in total. The Balaban J connectivity index is 1.80. The molecule has 0 radical (unpaired) electrons. The number of nitrogens with zero attached hydrogens (tertiary/aromatic N) is 1. The molecule has 1 N–H and O–H groups in total. The van der Waals surface area contributed by atoms with E-state index in [9.17, 15) is 9.59 Å². The van der Waals surface area contributed by atoms with Gasteiger partial charge in [0.05, 0.1) is 25.9 Å². The molecule has 114 valence electrons. The Kier molecular flexibility index (Phi) is 5.57. The third kappa shape index (κ3) is 4.46. The van der Waals surface area contributed by atoms with E-state index in [2.05, 4.69) is 10.1 Å². The van der Waals surface area contributed by atoms with Crippen LogP contribution in [0.15, 0.2) is 24.3 Å². The summed E-state index contributed by atoms with van der Waals surface area (Å²) in [5.74, 6) is -0.252. The minimum absolute atomic E-state index is 0.120. The summed E-state index contributed by atoms with van der Waals surface area (Å²) >= 11 is 0. The van der Waals surface area contributed by atoms with Crippen LogP contribution in [0.25, 0.3) is 0 Å². The van der Waals surface area contributed by atoms with E-state index in [4.69, 9.17) is 4.74 Å². The van der Waals surface area contributed by atoms with Crippen LogP contribution < -0.4 is 5.32 Å². The maximum absolute atomic E-state index is 12.0. The van der Waals surface area contributed by atoms with Crippen molar-refractivity contribution < 1.29 is 19.1 Å². The van der Waals surface area contributed by atoms with Crippen molar-refractivity contribution >= 4 is 17.6 Å². The number of nitrogens with one attached hydrogen (secondary N) is 1. The van der Waals surface area contributed by atoms with Gasteiger partial charge in [0, 0.05) is 31.7 Å². The fraction of sp³-hybridized carbons (Fsp3) is 0.467. The Morgan fingerprint density at radius 2 is 2.10 bits per heavy atom. The zero-order valence-electron chi connectivity index (χ0n) is 12.1. The number of hydrogen-bond acceptors (Lipinski definition) is 5. The average molecular weight is 292 g/mol. The largest absolute Gasteiger partial charge is 0.465 e. The summed E-state index contributed by atoms with van der Waals surface area (Å²) in [6.45, 7) is 3.08. The van der Waals surface area contributed by atoms with E-state index >= 15 is 0 Å². The molecule has 0 spiro atoms. The molecule has 1 aliphatic heterocycles. The summed E-state index contributed by atoms with van der Waals surface area (Å²) in [4.78, 5) is 25.2. The lowest BCUT2D eigenvalue weighted by Crippen LogP contribution is -2.41. The number of anilines is 1. The molecule has 1 aromatic carbocycles. The van der Waals surface area contributed by atoms with Gasteiger partial charge in [-0.2, -0.15) is 0 Å². The highest BCUT2D eigenvalue weighted by Crippen LogP contribution is 2.11. The molecule has 1 amide bonds. The third-order valence-electron chi connectivity index (χ3n) is 3.32. The van der Waals surface area contributed by atoms with Crippen LogP contribution in [0.4, 0.5) is 5.69 Å². The molecule has 0 aromatic heterocycles. The van der Waals surface area contributed by atoms with Crippen molar-refractivity contribution in [3.05, 3.63) is 29.8 Å². The van der Waals surface area contributed by atoms with E-state index in [0.717, 1.165) is 5.69 Å². The molecule has 0 bridgehead atoms. The highest BCUT2D eigenvalue weighted by molar-refractivity contribution is 5.90. The van der Waals surface area contributed by atoms with Crippen molar-refractivity contribution in [2.75, 3.05) is 45.3 Å². The Labute approximate surface area is 124 Å². The molecule has 1 heterocycles. The zero-order chi connectivity index (χ0) is 15.1. The summed E-state index contributed by atoms with van der Waals surface area (Å²) in [6, 6.07) is 7.03. The van der Waals surface area contributed by atoms with Gasteiger partial charge in [0.25, 0.3) is 0 Å². The van der Waals surface area contributed by atoms with Crippen LogP contribution in [0.5, 0.6) is 0 Å². The quantitative estimate of drug-likeness (QED) is 0.824. The topological polar surface area (TPSA) is 67.9 Å². The van der Waals surface area contributed by atoms with Crippen molar-refractivity contribution in [3.63, 3.8) is 0 Å². The van der Waals surface area contributed by atoms with Crippen LogP contribution >= 0.6 is 0 Å². The molecule has 21 heavy (non-hydrogen) atoms. The van der Waals surface area contributed by atoms with Crippen molar-refractivity contribution in [1.82, 2.24) is 4.90 Å². The molecule has 6 heteroatoms. The number of carbonyl (C=O) groups excluding carboxylic acids is 2. The molecule has 1 saturated heterocycles. The number of benzene rings is 1. The molecule has 0 aliphatic carbocycles. The van der Waals surface area contributed by atoms with Crippen LogP contribution in [0.2, 0.25) is 0 Å². The number of carbonyl (C=O) groups is 2. The van der Waals surface area contributed by atoms with E-state index < -0.39 is 0 Å². The van der Waals surface area contributed by atoms with Gasteiger partial charge in [0.1, 0.15) is 0 Å². The first-order valence-electron chi connectivity index (χ1n) is 6.98. The molecule has 1 aliphatic rings. The number of esters is 1. The standard InChI is InChI=1S/C15H20N2O4/c1-20-15(19)12-3-2-4-13(11-12)16-6-5-14(18)17-7-9-21-10-8-17/h2-4,11,16H,5-10H2,1H3. The molecule has 0 saturated carbocycles. The van der Waals surface area contributed by atoms with Crippen LogP contribution in [0.1, 0.15) is 16.8 Å². The number of ether oxygens (including phenoxy) is 2. The molecule has 0 atom stereocenters. The Morgan fingerprint density at radius 1 is 1.33 bits per heavy atom.